The summed E-state index contributed by atoms with van der Waals surface area (Å²) < 4.78 is 21.1. The zero-order valence-electron chi connectivity index (χ0n) is 22.1. The lowest BCUT2D eigenvalue weighted by Crippen LogP contribution is -2.54. The van der Waals surface area contributed by atoms with Gasteiger partial charge in [-0.25, -0.2) is 4.79 Å². The van der Waals surface area contributed by atoms with Gasteiger partial charge in [0.15, 0.2) is 0 Å². The molecule has 0 spiro atoms. The van der Waals surface area contributed by atoms with E-state index in [9.17, 15) is 14.4 Å². The average Bonchev–Trinajstić information content (AvgIpc) is 3.55. The van der Waals surface area contributed by atoms with Crippen molar-refractivity contribution in [3.63, 3.8) is 0 Å². The van der Waals surface area contributed by atoms with Crippen molar-refractivity contribution in [2.45, 2.75) is 45.8 Å². The summed E-state index contributed by atoms with van der Waals surface area (Å²) >= 11 is 0. The molecule has 0 N–H and O–H groups in total. The number of benzene rings is 1. The van der Waals surface area contributed by atoms with Crippen molar-refractivity contribution in [3.05, 3.63) is 30.2 Å². The molecule has 206 valence electrons. The van der Waals surface area contributed by atoms with Crippen molar-refractivity contribution in [3.8, 4) is 11.4 Å². The van der Waals surface area contributed by atoms with Gasteiger partial charge in [0.05, 0.1) is 26.2 Å². The number of ether oxygens (including phenoxy) is 3. The van der Waals surface area contributed by atoms with Crippen LogP contribution in [0.4, 0.5) is 10.5 Å². The summed E-state index contributed by atoms with van der Waals surface area (Å²) in [5, 5.41) is 3.98. The highest BCUT2D eigenvalue weighted by atomic mass is 16.6. The molecule has 2 aliphatic heterocycles. The number of nitrogens with zero attached hydrogens (tertiary/aromatic N) is 5. The molecular formula is C26H35N5O7. The molecule has 3 heterocycles. The zero-order chi connectivity index (χ0) is 27.1. The lowest BCUT2D eigenvalue weighted by atomic mass is 10.1. The number of carbonyl (C=O) groups excluding carboxylic acids is 3. The SMILES string of the molecule is CCOC(=O)CC(C(=O)OCC)N1CCN(CC2CN(c3ccc(-c4noc(CC)n4)cc3)C(=O)O2)CC1. The molecule has 2 fully saturated rings. The molecule has 2 aromatic rings. The van der Waals surface area contributed by atoms with Gasteiger partial charge in [0.2, 0.25) is 11.7 Å². The normalized spacial score (nSPS) is 19.3. The molecular weight excluding hydrogens is 494 g/mol. The summed E-state index contributed by atoms with van der Waals surface area (Å²) in [5.41, 5.74) is 1.55. The number of hydrogen-bond acceptors (Lipinski definition) is 11. The molecule has 0 aliphatic carbocycles. The summed E-state index contributed by atoms with van der Waals surface area (Å²) in [6.45, 7) is 9.49. The molecule has 12 heteroatoms. The first-order chi connectivity index (χ1) is 18.4. The second-order valence-corrected chi connectivity index (χ2v) is 9.14. The first-order valence-corrected chi connectivity index (χ1v) is 13.1. The molecule has 2 aliphatic rings. The Balaban J connectivity index is 1.29. The second kappa shape index (κ2) is 12.8. The fourth-order valence-electron chi connectivity index (χ4n) is 4.66. The number of cyclic esters (lactones) is 1. The topological polar surface area (TPSA) is 128 Å². The highest BCUT2D eigenvalue weighted by Crippen LogP contribution is 2.26. The number of hydrogen-bond donors (Lipinski definition) is 0. The van der Waals surface area contributed by atoms with Crippen LogP contribution < -0.4 is 4.90 Å². The van der Waals surface area contributed by atoms with Crippen LogP contribution in [0, 0.1) is 0 Å². The number of rotatable bonds is 11. The average molecular weight is 530 g/mol. The quantitative estimate of drug-likeness (QED) is 0.314. The van der Waals surface area contributed by atoms with Crippen LogP contribution in [0.2, 0.25) is 0 Å². The van der Waals surface area contributed by atoms with Crippen molar-refractivity contribution in [1.29, 1.82) is 0 Å². The zero-order valence-corrected chi connectivity index (χ0v) is 22.1. The first-order valence-electron chi connectivity index (χ1n) is 13.1. The molecule has 0 radical (unpaired) electrons. The molecule has 1 aromatic heterocycles. The van der Waals surface area contributed by atoms with E-state index in [0.29, 0.717) is 57.4 Å². The Hall–Kier alpha value is -3.51. The van der Waals surface area contributed by atoms with E-state index in [2.05, 4.69) is 15.0 Å². The third kappa shape index (κ3) is 6.67. The maximum atomic E-state index is 12.6. The van der Waals surface area contributed by atoms with Crippen LogP contribution >= 0.6 is 0 Å². The van der Waals surface area contributed by atoms with Crippen LogP contribution in [0.5, 0.6) is 0 Å². The van der Waals surface area contributed by atoms with Crippen molar-refractivity contribution in [1.82, 2.24) is 19.9 Å². The third-order valence-corrected chi connectivity index (χ3v) is 6.62. The molecule has 2 atom stereocenters. The molecule has 0 saturated carbocycles. The van der Waals surface area contributed by atoms with Gasteiger partial charge in [-0.15, -0.1) is 0 Å². The number of carbonyl (C=O) groups is 3. The molecule has 1 aromatic carbocycles. The highest BCUT2D eigenvalue weighted by molar-refractivity contribution is 5.90. The minimum absolute atomic E-state index is 0.0346. The summed E-state index contributed by atoms with van der Waals surface area (Å²) in [5.74, 6) is 0.264. The highest BCUT2D eigenvalue weighted by Gasteiger charge is 2.36. The number of aryl methyl sites for hydroxylation is 1. The van der Waals surface area contributed by atoms with Gasteiger partial charge in [-0.05, 0) is 38.1 Å². The van der Waals surface area contributed by atoms with Gasteiger partial charge in [0.1, 0.15) is 12.1 Å². The van der Waals surface area contributed by atoms with Crippen LogP contribution in [0.15, 0.2) is 28.8 Å². The molecule has 4 rings (SSSR count). The van der Waals surface area contributed by atoms with E-state index in [4.69, 9.17) is 18.7 Å². The molecule has 2 unspecified atom stereocenters. The van der Waals surface area contributed by atoms with Gasteiger partial charge < -0.3 is 18.7 Å². The number of esters is 2. The second-order valence-electron chi connectivity index (χ2n) is 9.14. The molecule has 1 amide bonds. The molecule has 0 bridgehead atoms. The number of amides is 1. The maximum Gasteiger partial charge on any atom is 0.414 e. The third-order valence-electron chi connectivity index (χ3n) is 6.62. The van der Waals surface area contributed by atoms with Gasteiger partial charge in [0.25, 0.3) is 0 Å². The van der Waals surface area contributed by atoms with Gasteiger partial charge in [-0.2, -0.15) is 4.98 Å². The van der Waals surface area contributed by atoms with E-state index in [1.54, 1.807) is 18.7 Å². The Kier molecular flexibility index (Phi) is 9.29. The largest absolute Gasteiger partial charge is 0.466 e. The predicted molar refractivity (Wildman–Crippen MR) is 136 cm³/mol. The van der Waals surface area contributed by atoms with Crippen LogP contribution in [0.25, 0.3) is 11.4 Å². The van der Waals surface area contributed by atoms with Crippen molar-refractivity contribution in [2.24, 2.45) is 0 Å². The summed E-state index contributed by atoms with van der Waals surface area (Å²) in [4.78, 5) is 47.3. The standard InChI is InChI=1S/C26H35N5O7/c1-4-22-27-24(28-38-22)18-7-9-19(10-8-18)31-17-20(37-26(31)34)16-29-11-13-30(14-12-29)21(25(33)36-6-3)15-23(32)35-5-2/h7-10,20-21H,4-6,11-17H2,1-3H3. The van der Waals surface area contributed by atoms with Crippen LogP contribution in [-0.2, 0) is 30.2 Å². The van der Waals surface area contributed by atoms with Crippen molar-refractivity contribution in [2.75, 3.05) is 57.4 Å². The van der Waals surface area contributed by atoms with Crippen LogP contribution in [0.1, 0.15) is 33.1 Å². The minimum atomic E-state index is -0.667. The van der Waals surface area contributed by atoms with Gasteiger partial charge in [-0.3, -0.25) is 24.3 Å². The van der Waals surface area contributed by atoms with Gasteiger partial charge >= 0.3 is 18.0 Å². The Labute approximate surface area is 221 Å². The molecule has 12 nitrogen and oxygen atoms in total. The molecule has 38 heavy (non-hydrogen) atoms. The van der Waals surface area contributed by atoms with Crippen molar-refractivity contribution < 1.29 is 33.1 Å². The van der Waals surface area contributed by atoms with E-state index in [-0.39, 0.29) is 31.8 Å². The predicted octanol–water partition coefficient (Wildman–Crippen LogP) is 2.13. The maximum absolute atomic E-state index is 12.6. The Morgan fingerprint density at radius 1 is 1.05 bits per heavy atom. The van der Waals surface area contributed by atoms with Crippen LogP contribution in [0.3, 0.4) is 0 Å². The van der Waals surface area contributed by atoms with E-state index >= 15 is 0 Å². The van der Waals surface area contributed by atoms with E-state index in [1.165, 1.54) is 0 Å². The smallest absolute Gasteiger partial charge is 0.414 e. The lowest BCUT2D eigenvalue weighted by Gasteiger charge is -2.38. The first kappa shape index (κ1) is 27.5. The minimum Gasteiger partial charge on any atom is -0.466 e. The Bertz CT molecular complexity index is 1100. The molecule has 2 saturated heterocycles. The number of aromatic nitrogens is 2. The monoisotopic (exact) mass is 529 g/mol. The van der Waals surface area contributed by atoms with E-state index in [0.717, 1.165) is 11.3 Å². The number of piperazine rings is 1. The summed E-state index contributed by atoms with van der Waals surface area (Å²) in [6.07, 6.45) is -0.0297. The van der Waals surface area contributed by atoms with E-state index in [1.807, 2.05) is 36.1 Å². The van der Waals surface area contributed by atoms with Gasteiger partial charge in [-0.1, -0.05) is 12.1 Å². The number of anilines is 1. The Morgan fingerprint density at radius 3 is 2.39 bits per heavy atom. The van der Waals surface area contributed by atoms with Gasteiger partial charge in [0, 0.05) is 50.4 Å². The summed E-state index contributed by atoms with van der Waals surface area (Å²) in [7, 11) is 0. The fourth-order valence-corrected chi connectivity index (χ4v) is 4.66. The lowest BCUT2D eigenvalue weighted by molar-refractivity contribution is -0.157. The summed E-state index contributed by atoms with van der Waals surface area (Å²) in [6, 6.07) is 6.74. The fraction of sp³-hybridized carbons (Fsp3) is 0.577. The van der Waals surface area contributed by atoms with E-state index < -0.39 is 18.0 Å². The Morgan fingerprint density at radius 2 is 1.76 bits per heavy atom. The van der Waals surface area contributed by atoms with Crippen molar-refractivity contribution >= 4 is 23.7 Å². The van der Waals surface area contributed by atoms with Crippen LogP contribution in [-0.4, -0.2) is 103 Å².